The Morgan fingerprint density at radius 2 is 1.36 bits per heavy atom. The second-order valence-electron chi connectivity index (χ2n) is 8.61. The lowest BCUT2D eigenvalue weighted by Crippen LogP contribution is -2.48. The molecule has 0 unspecified atom stereocenters. The van der Waals surface area contributed by atoms with Crippen LogP contribution in [0.1, 0.15) is 12.8 Å². The summed E-state index contributed by atoms with van der Waals surface area (Å²) in [4.78, 5) is 17.4. The van der Waals surface area contributed by atoms with E-state index in [4.69, 9.17) is 25.4 Å². The highest BCUT2D eigenvalue weighted by atomic mass is 16.6. The lowest BCUT2D eigenvalue weighted by Gasteiger charge is -2.35. The van der Waals surface area contributed by atoms with Gasteiger partial charge in [-0.05, 0) is 25.9 Å². The molecule has 0 saturated carbocycles. The number of aliphatic hydroxyl groups excluding tert-OH is 2. The van der Waals surface area contributed by atoms with Gasteiger partial charge in [0.2, 0.25) is 6.41 Å². The molecule has 0 aromatic carbocycles. The molecule has 1 saturated heterocycles. The second-order valence-corrected chi connectivity index (χ2v) is 8.61. The minimum atomic E-state index is -0.249. The molecule has 1 fully saturated rings. The number of nitrogens with one attached hydrogen (secondary N) is 1. The van der Waals surface area contributed by atoms with Gasteiger partial charge in [-0.25, -0.2) is 0 Å². The average molecular weight is 517 g/mol. The zero-order valence-corrected chi connectivity index (χ0v) is 21.9. The quantitative estimate of drug-likeness (QED) is 0.0751. The summed E-state index contributed by atoms with van der Waals surface area (Å²) in [6, 6.07) is -0.249. The molecule has 3 N–H and O–H groups in total. The Morgan fingerprint density at radius 1 is 0.833 bits per heavy atom. The molecular formula is C25H48N4O7. The fraction of sp³-hybridized carbons (Fsp3) is 0.880. The van der Waals surface area contributed by atoms with E-state index in [1.165, 1.54) is 0 Å². The number of amides is 1. The van der Waals surface area contributed by atoms with Crippen LogP contribution in [0, 0.1) is 12.3 Å². The molecule has 0 atom stereocenters. The van der Waals surface area contributed by atoms with E-state index >= 15 is 0 Å². The molecule has 11 nitrogen and oxygen atoms in total. The number of nitrogens with zero attached hydrogens (tertiary/aromatic N) is 3. The van der Waals surface area contributed by atoms with E-state index in [2.05, 4.69) is 25.9 Å². The number of piperazine rings is 1. The molecule has 0 aliphatic carbocycles. The van der Waals surface area contributed by atoms with E-state index in [1.54, 1.807) is 0 Å². The maximum atomic E-state index is 10.4. The minimum Gasteiger partial charge on any atom is -0.395 e. The molecule has 0 bridgehead atoms. The Balaban J connectivity index is 2.00. The van der Waals surface area contributed by atoms with E-state index in [0.29, 0.717) is 65.8 Å². The predicted molar refractivity (Wildman–Crippen MR) is 138 cm³/mol. The van der Waals surface area contributed by atoms with Gasteiger partial charge in [0.05, 0.1) is 65.5 Å². The fourth-order valence-corrected chi connectivity index (χ4v) is 3.93. The van der Waals surface area contributed by atoms with Gasteiger partial charge >= 0.3 is 0 Å². The number of rotatable bonds is 25. The Labute approximate surface area is 217 Å². The zero-order valence-electron chi connectivity index (χ0n) is 21.9. The fourth-order valence-electron chi connectivity index (χ4n) is 3.93. The summed E-state index contributed by atoms with van der Waals surface area (Å²) in [7, 11) is 0. The van der Waals surface area contributed by atoms with Crippen LogP contribution >= 0.6 is 0 Å². The summed E-state index contributed by atoms with van der Waals surface area (Å²) in [6.07, 6.45) is 7.56. The molecule has 36 heavy (non-hydrogen) atoms. The third-order valence-electron chi connectivity index (χ3n) is 6.03. The highest BCUT2D eigenvalue weighted by Gasteiger charge is 2.19. The summed E-state index contributed by atoms with van der Waals surface area (Å²) in [5, 5.41) is 21.8. The van der Waals surface area contributed by atoms with Gasteiger partial charge in [-0.2, -0.15) is 0 Å². The normalized spacial score (nSPS) is 15.0. The van der Waals surface area contributed by atoms with Crippen LogP contribution in [0.2, 0.25) is 0 Å². The van der Waals surface area contributed by atoms with Crippen molar-refractivity contribution in [1.82, 2.24) is 20.0 Å². The summed E-state index contributed by atoms with van der Waals surface area (Å²) in [5.74, 6) is 2.41. The number of hydrogen-bond donors (Lipinski definition) is 3. The first-order valence-electron chi connectivity index (χ1n) is 13.1. The van der Waals surface area contributed by atoms with Crippen LogP contribution in [0.15, 0.2) is 0 Å². The van der Waals surface area contributed by atoms with Gasteiger partial charge in [0.15, 0.2) is 0 Å². The van der Waals surface area contributed by atoms with Crippen LogP contribution < -0.4 is 5.32 Å². The van der Waals surface area contributed by atoms with Gasteiger partial charge < -0.3 is 39.4 Å². The number of hydrogen-bond acceptors (Lipinski definition) is 10. The highest BCUT2D eigenvalue weighted by molar-refractivity contribution is 5.45. The first-order valence-corrected chi connectivity index (χ1v) is 13.1. The van der Waals surface area contributed by atoms with Crippen molar-refractivity contribution >= 4 is 6.41 Å². The van der Waals surface area contributed by atoms with E-state index in [-0.39, 0.29) is 19.3 Å². The number of carbonyl (C=O) groups excluding carboxylic acids is 1. The molecule has 0 radical (unpaired) electrons. The summed E-state index contributed by atoms with van der Waals surface area (Å²) in [5.41, 5.74) is 0. The molecule has 0 aromatic heterocycles. The maximum Gasteiger partial charge on any atom is 0.207 e. The van der Waals surface area contributed by atoms with Gasteiger partial charge in [0, 0.05) is 45.8 Å². The number of ether oxygens (including phenoxy) is 4. The third-order valence-corrected chi connectivity index (χ3v) is 6.03. The molecule has 1 aliphatic heterocycles. The summed E-state index contributed by atoms with van der Waals surface area (Å²) >= 11 is 0. The second kappa shape index (κ2) is 24.0. The number of terminal acetylenes is 1. The molecule has 0 aromatic rings. The largest absolute Gasteiger partial charge is 0.395 e. The molecule has 0 spiro atoms. The topological polar surface area (TPSA) is 116 Å². The standard InChI is InChI=1S/C25H48N4O7/c1-2-14-33-16-18-35-20-21-36-19-17-34-15-13-28-11-9-27(10-12-28)6-4-8-29(25(22-30)23-31)7-3-5-26-24-32/h1,24-25,30-31H,3-23H2,(H,26,32). The van der Waals surface area contributed by atoms with Crippen molar-refractivity contribution in [2.45, 2.75) is 18.9 Å². The molecule has 1 amide bonds. The van der Waals surface area contributed by atoms with Crippen molar-refractivity contribution in [3.63, 3.8) is 0 Å². The first-order chi connectivity index (χ1) is 17.7. The lowest BCUT2D eigenvalue weighted by molar-refractivity contribution is -0.109. The van der Waals surface area contributed by atoms with Crippen molar-refractivity contribution in [1.29, 1.82) is 0 Å². The van der Waals surface area contributed by atoms with Crippen molar-refractivity contribution in [3.8, 4) is 12.3 Å². The van der Waals surface area contributed by atoms with Crippen LogP contribution in [-0.4, -0.2) is 162 Å². The van der Waals surface area contributed by atoms with Crippen LogP contribution in [0.25, 0.3) is 0 Å². The molecular weight excluding hydrogens is 468 g/mol. The van der Waals surface area contributed by atoms with Crippen molar-refractivity contribution in [3.05, 3.63) is 0 Å². The monoisotopic (exact) mass is 516 g/mol. The summed E-state index contributed by atoms with van der Waals surface area (Å²) in [6.45, 7) is 12.3. The molecule has 11 heteroatoms. The third kappa shape index (κ3) is 17.2. The summed E-state index contributed by atoms with van der Waals surface area (Å²) < 4.78 is 21.7. The van der Waals surface area contributed by atoms with Crippen LogP contribution in [0.3, 0.4) is 0 Å². The average Bonchev–Trinajstić information content (AvgIpc) is 2.90. The van der Waals surface area contributed by atoms with Gasteiger partial charge in [0.1, 0.15) is 6.61 Å². The minimum absolute atomic E-state index is 0.0665. The Hall–Kier alpha value is -1.33. The smallest absolute Gasteiger partial charge is 0.207 e. The molecule has 210 valence electrons. The van der Waals surface area contributed by atoms with E-state index in [9.17, 15) is 15.0 Å². The molecule has 1 aliphatic rings. The molecule has 1 rings (SSSR count). The predicted octanol–water partition coefficient (Wildman–Crippen LogP) is -1.51. The van der Waals surface area contributed by atoms with E-state index in [0.717, 1.165) is 65.2 Å². The van der Waals surface area contributed by atoms with E-state index < -0.39 is 0 Å². The van der Waals surface area contributed by atoms with Gasteiger partial charge in [-0.15, -0.1) is 6.42 Å². The lowest BCUT2D eigenvalue weighted by atomic mass is 10.2. The van der Waals surface area contributed by atoms with Crippen LogP contribution in [0.5, 0.6) is 0 Å². The highest BCUT2D eigenvalue weighted by Crippen LogP contribution is 2.06. The van der Waals surface area contributed by atoms with E-state index in [1.807, 2.05) is 0 Å². The Morgan fingerprint density at radius 3 is 1.92 bits per heavy atom. The van der Waals surface area contributed by atoms with Gasteiger partial charge in [-0.1, -0.05) is 5.92 Å². The Bertz CT molecular complexity index is 541. The van der Waals surface area contributed by atoms with Gasteiger partial charge in [-0.3, -0.25) is 14.6 Å². The van der Waals surface area contributed by atoms with Gasteiger partial charge in [0.25, 0.3) is 0 Å². The SMILES string of the molecule is C#CCOCCOCCOCCOCCN1CCN(CCCN(CCCNC=O)C(CO)CO)CC1. The number of carbonyl (C=O) groups is 1. The molecule has 1 heterocycles. The Kier molecular flexibility index (Phi) is 21.8. The first kappa shape index (κ1) is 32.7. The van der Waals surface area contributed by atoms with Crippen LogP contribution in [-0.2, 0) is 23.7 Å². The van der Waals surface area contributed by atoms with Crippen LogP contribution in [0.4, 0.5) is 0 Å². The van der Waals surface area contributed by atoms with Crippen molar-refractivity contribution in [2.75, 3.05) is 125 Å². The van der Waals surface area contributed by atoms with Crippen molar-refractivity contribution in [2.24, 2.45) is 0 Å². The van der Waals surface area contributed by atoms with Crippen molar-refractivity contribution < 1.29 is 34.0 Å². The number of aliphatic hydroxyl groups is 2. The zero-order chi connectivity index (χ0) is 26.1. The maximum absolute atomic E-state index is 10.4.